The maximum atomic E-state index is 14.1. The summed E-state index contributed by atoms with van der Waals surface area (Å²) in [5.74, 6) is 0.313. The molecule has 0 aliphatic carbocycles. The summed E-state index contributed by atoms with van der Waals surface area (Å²) in [7, 11) is -4.07. The van der Waals surface area contributed by atoms with Crippen LogP contribution in [-0.4, -0.2) is 39.2 Å². The molecule has 12 heteroatoms. The zero-order valence-corrected chi connectivity index (χ0v) is 22.6. The maximum Gasteiger partial charge on any atom is 0.270 e. The van der Waals surface area contributed by atoms with Crippen LogP contribution in [0.2, 0.25) is 5.02 Å². The second-order valence-corrected chi connectivity index (χ2v) is 11.2. The number of para-hydroxylation sites is 1. The average Bonchev–Trinajstić information content (AvgIpc) is 2.94. The topological polar surface area (TPSA) is 157 Å². The Balaban J connectivity index is 1.76. The minimum Gasteiger partial charge on any atom is -0.368 e. The van der Waals surface area contributed by atoms with Crippen LogP contribution >= 0.6 is 11.6 Å². The fourth-order valence-electron chi connectivity index (χ4n) is 3.98. The molecule has 0 spiro atoms. The summed E-state index contributed by atoms with van der Waals surface area (Å²) in [6, 6.07) is 22.5. The Morgan fingerprint density at radius 1 is 0.900 bits per heavy atom. The Hall–Kier alpha value is -4.87. The third-order valence-electron chi connectivity index (χ3n) is 5.95. The fourth-order valence-corrected chi connectivity index (χ4v) is 4.66. The second kappa shape index (κ2) is 10.7. The first kappa shape index (κ1) is 26.7. The molecule has 0 bridgehead atoms. The Labute approximate surface area is 234 Å². The van der Waals surface area contributed by atoms with Crippen LogP contribution in [0.1, 0.15) is 5.56 Å². The van der Waals surface area contributed by atoms with Crippen molar-refractivity contribution in [2.24, 2.45) is 0 Å². The smallest absolute Gasteiger partial charge is 0.270 e. The van der Waals surface area contributed by atoms with Crippen LogP contribution < -0.4 is 16.6 Å². The molecular formula is C28H22ClN7O3S. The molecule has 0 radical (unpaired) electrons. The van der Waals surface area contributed by atoms with Gasteiger partial charge >= 0.3 is 0 Å². The van der Waals surface area contributed by atoms with Gasteiger partial charge in [-0.25, -0.2) is 23.4 Å². The van der Waals surface area contributed by atoms with Gasteiger partial charge in [0.05, 0.1) is 5.69 Å². The molecular weight excluding hydrogens is 550 g/mol. The number of nitrogens with two attached hydrogens (primary N) is 1. The van der Waals surface area contributed by atoms with E-state index >= 15 is 0 Å². The summed E-state index contributed by atoms with van der Waals surface area (Å²) in [4.78, 5) is 26.9. The Morgan fingerprint density at radius 2 is 1.50 bits per heavy atom. The lowest BCUT2D eigenvalue weighted by Gasteiger charge is -2.18. The lowest BCUT2D eigenvalue weighted by atomic mass is 10.1. The predicted molar refractivity (Wildman–Crippen MR) is 157 cm³/mol. The molecule has 3 aromatic carbocycles. The summed E-state index contributed by atoms with van der Waals surface area (Å²) in [6.45, 7) is 0. The minimum absolute atomic E-state index is 0.0668. The van der Waals surface area contributed by atoms with Gasteiger partial charge in [0.25, 0.3) is 5.56 Å². The molecule has 0 saturated heterocycles. The van der Waals surface area contributed by atoms with Crippen molar-refractivity contribution in [1.82, 2.24) is 19.5 Å². The Kier molecular flexibility index (Phi) is 7.16. The molecule has 5 rings (SSSR count). The van der Waals surface area contributed by atoms with Crippen molar-refractivity contribution < 1.29 is 8.42 Å². The van der Waals surface area contributed by atoms with Crippen molar-refractivity contribution in [3.05, 3.63) is 112 Å². The first-order valence-electron chi connectivity index (χ1n) is 11.8. The second-order valence-electron chi connectivity index (χ2n) is 8.78. The largest absolute Gasteiger partial charge is 0.368 e. The van der Waals surface area contributed by atoms with Crippen molar-refractivity contribution in [2.45, 2.75) is 0 Å². The number of sulfone groups is 1. The number of anilines is 3. The maximum absolute atomic E-state index is 14.1. The molecule has 0 atom stereocenters. The van der Waals surface area contributed by atoms with Gasteiger partial charge in [-0.2, -0.15) is 0 Å². The summed E-state index contributed by atoms with van der Waals surface area (Å²) < 4.78 is 26.2. The Bertz CT molecular complexity index is 1880. The quantitative estimate of drug-likeness (QED) is 0.195. The molecule has 0 aliphatic rings. The molecule has 200 valence electrons. The number of halogens is 1. The number of hydrogen-bond donors (Lipinski definition) is 3. The number of nitrogens with one attached hydrogen (secondary N) is 2. The van der Waals surface area contributed by atoms with Crippen molar-refractivity contribution in [1.29, 1.82) is 5.41 Å². The van der Waals surface area contributed by atoms with Gasteiger partial charge in [0.2, 0.25) is 5.95 Å². The third kappa shape index (κ3) is 5.46. The van der Waals surface area contributed by atoms with Crippen LogP contribution in [0.4, 0.5) is 17.5 Å². The van der Waals surface area contributed by atoms with E-state index in [0.717, 1.165) is 17.4 Å². The number of nitrogens with zero attached hydrogens (tertiary/aromatic N) is 4. The van der Waals surface area contributed by atoms with Crippen molar-refractivity contribution in [3.63, 3.8) is 0 Å². The number of rotatable bonds is 6. The highest BCUT2D eigenvalue weighted by Gasteiger charge is 2.27. The standard InChI is InChI=1S/C28H22ClN7O3S/c1-40(38,39)24(30)23-25(34-21-5-3-2-4-6-21)35-26(36(27(23)37)22-13-11-20(29)12-14-22)18-9-7-17(8-10-18)19-15-32-28(31)33-16-19/h2-16,30,34H,1H3,(H2,31,32,33). The molecule has 0 fully saturated rings. The first-order valence-corrected chi connectivity index (χ1v) is 14.1. The zero-order valence-electron chi connectivity index (χ0n) is 21.0. The SMILES string of the molecule is CS(=O)(=O)C(=N)c1c(Nc2ccccc2)nc(-c2ccc(-c3cnc(N)nc3)cc2)n(-c2ccc(Cl)cc2)c1=O. The highest BCUT2D eigenvalue weighted by molar-refractivity contribution is 8.06. The number of nitrogen functional groups attached to an aromatic ring is 1. The van der Waals surface area contributed by atoms with E-state index < -0.39 is 20.4 Å². The van der Waals surface area contributed by atoms with Crippen LogP contribution in [0, 0.1) is 5.41 Å². The van der Waals surface area contributed by atoms with Crippen LogP contribution in [0.5, 0.6) is 0 Å². The number of benzene rings is 3. The van der Waals surface area contributed by atoms with Gasteiger partial charge in [-0.05, 0) is 42.0 Å². The lowest BCUT2D eigenvalue weighted by molar-refractivity contribution is 0.612. The van der Waals surface area contributed by atoms with E-state index in [1.807, 2.05) is 18.2 Å². The molecule has 2 heterocycles. The molecule has 2 aromatic heterocycles. The van der Waals surface area contributed by atoms with Gasteiger partial charge in [0, 0.05) is 40.5 Å². The van der Waals surface area contributed by atoms with Gasteiger partial charge in [-0.1, -0.05) is 54.1 Å². The Morgan fingerprint density at radius 3 is 2.10 bits per heavy atom. The van der Waals surface area contributed by atoms with E-state index in [1.54, 1.807) is 73.1 Å². The normalized spacial score (nSPS) is 11.2. The minimum atomic E-state index is -4.07. The van der Waals surface area contributed by atoms with Gasteiger partial charge in [0.15, 0.2) is 14.9 Å². The molecule has 0 saturated carbocycles. The summed E-state index contributed by atoms with van der Waals surface area (Å²) in [6.07, 6.45) is 4.08. The first-order chi connectivity index (χ1) is 19.1. The molecule has 10 nitrogen and oxygen atoms in total. The van der Waals surface area contributed by atoms with Crippen molar-refractivity contribution in [2.75, 3.05) is 17.3 Å². The predicted octanol–water partition coefficient (Wildman–Crippen LogP) is 4.71. The van der Waals surface area contributed by atoms with E-state index in [-0.39, 0.29) is 23.2 Å². The van der Waals surface area contributed by atoms with E-state index in [9.17, 15) is 13.2 Å². The van der Waals surface area contributed by atoms with Crippen LogP contribution in [0.25, 0.3) is 28.2 Å². The number of hydrogen-bond acceptors (Lipinski definition) is 9. The van der Waals surface area contributed by atoms with Crippen molar-refractivity contribution >= 4 is 43.9 Å². The number of aromatic nitrogens is 4. The lowest BCUT2D eigenvalue weighted by Crippen LogP contribution is -2.32. The molecule has 40 heavy (non-hydrogen) atoms. The highest BCUT2D eigenvalue weighted by atomic mass is 35.5. The van der Waals surface area contributed by atoms with Crippen LogP contribution in [0.15, 0.2) is 96.1 Å². The summed E-state index contributed by atoms with van der Waals surface area (Å²) in [5.41, 5.74) is 7.53. The van der Waals surface area contributed by atoms with Gasteiger partial charge < -0.3 is 11.1 Å². The average molecular weight is 572 g/mol. The fraction of sp³-hybridized carbons (Fsp3) is 0.0357. The molecule has 0 amide bonds. The van der Waals surface area contributed by atoms with Crippen LogP contribution in [-0.2, 0) is 9.84 Å². The molecule has 0 aliphatic heterocycles. The summed E-state index contributed by atoms with van der Waals surface area (Å²) >= 11 is 6.09. The molecule has 4 N–H and O–H groups in total. The highest BCUT2D eigenvalue weighted by Crippen LogP contribution is 2.28. The molecule has 0 unspecified atom stereocenters. The van der Waals surface area contributed by atoms with Gasteiger partial charge in [-0.3, -0.25) is 14.8 Å². The van der Waals surface area contributed by atoms with Gasteiger partial charge in [0.1, 0.15) is 17.2 Å². The van der Waals surface area contributed by atoms with Crippen LogP contribution in [0.3, 0.4) is 0 Å². The molecule has 5 aromatic rings. The zero-order chi connectivity index (χ0) is 28.4. The van der Waals surface area contributed by atoms with E-state index in [2.05, 4.69) is 15.3 Å². The monoisotopic (exact) mass is 571 g/mol. The van der Waals surface area contributed by atoms with Gasteiger partial charge in [-0.15, -0.1) is 0 Å². The van der Waals surface area contributed by atoms with E-state index in [0.29, 0.717) is 22.0 Å². The van der Waals surface area contributed by atoms with E-state index in [4.69, 9.17) is 27.7 Å². The third-order valence-corrected chi connectivity index (χ3v) is 7.15. The van der Waals surface area contributed by atoms with Crippen molar-refractivity contribution in [3.8, 4) is 28.2 Å². The summed E-state index contributed by atoms with van der Waals surface area (Å²) in [5, 5.41) is 11.0. The van der Waals surface area contributed by atoms with E-state index in [1.165, 1.54) is 4.57 Å².